The fraction of sp³-hybridized carbons (Fsp3) is 0.350. The van der Waals surface area contributed by atoms with Crippen LogP contribution >= 0.6 is 0 Å². The highest BCUT2D eigenvalue weighted by atomic mass is 16.2. The van der Waals surface area contributed by atoms with Crippen molar-refractivity contribution in [3.05, 3.63) is 65.5 Å². The third kappa shape index (κ3) is 3.13. The fourth-order valence-corrected chi connectivity index (χ4v) is 4.07. The van der Waals surface area contributed by atoms with Gasteiger partial charge in [0, 0.05) is 50.5 Å². The molecule has 0 bridgehead atoms. The molecule has 4 rings (SSSR count). The van der Waals surface area contributed by atoms with Crippen LogP contribution in [-0.4, -0.2) is 39.3 Å². The fourth-order valence-electron chi connectivity index (χ4n) is 4.07. The third-order valence-corrected chi connectivity index (χ3v) is 5.27. The molecule has 2 aliphatic rings. The number of pyridine rings is 1. The van der Waals surface area contributed by atoms with Crippen LogP contribution in [0.1, 0.15) is 29.5 Å². The second kappa shape index (κ2) is 6.66. The van der Waals surface area contributed by atoms with Gasteiger partial charge in [0.25, 0.3) is 0 Å². The maximum atomic E-state index is 12.5. The molecule has 5 heteroatoms. The first-order valence-corrected chi connectivity index (χ1v) is 8.66. The van der Waals surface area contributed by atoms with Gasteiger partial charge in [0.15, 0.2) is 0 Å². The highest BCUT2D eigenvalue weighted by Gasteiger charge is 2.46. The van der Waals surface area contributed by atoms with E-state index in [1.165, 1.54) is 0 Å². The van der Waals surface area contributed by atoms with Crippen molar-refractivity contribution in [2.75, 3.05) is 6.54 Å². The SMILES string of the molecule is N#Cc1cccc(CN2CC[C@@H]3[C@@H]2CC(=O)N3Cc2ccncc2)c1. The van der Waals surface area contributed by atoms with Crippen LogP contribution in [0.2, 0.25) is 0 Å². The maximum absolute atomic E-state index is 12.5. The first kappa shape index (κ1) is 15.8. The molecule has 5 nitrogen and oxygen atoms in total. The Kier molecular flexibility index (Phi) is 4.21. The van der Waals surface area contributed by atoms with Gasteiger partial charge in [-0.3, -0.25) is 14.7 Å². The molecule has 25 heavy (non-hydrogen) atoms. The number of likely N-dealkylation sites (tertiary alicyclic amines) is 2. The minimum Gasteiger partial charge on any atom is -0.334 e. The molecule has 1 aromatic heterocycles. The topological polar surface area (TPSA) is 60.2 Å². The molecule has 1 amide bonds. The van der Waals surface area contributed by atoms with Crippen LogP contribution in [0.15, 0.2) is 48.8 Å². The van der Waals surface area contributed by atoms with E-state index in [9.17, 15) is 4.79 Å². The Labute approximate surface area is 147 Å². The van der Waals surface area contributed by atoms with Crippen LogP contribution in [-0.2, 0) is 17.9 Å². The Balaban J connectivity index is 1.47. The molecule has 2 atom stereocenters. The van der Waals surface area contributed by atoms with Gasteiger partial charge in [-0.2, -0.15) is 5.26 Å². The molecule has 0 spiro atoms. The number of aromatic nitrogens is 1. The standard InChI is InChI=1S/C20H20N4O/c21-12-16-2-1-3-17(10-16)13-23-9-6-18-19(23)11-20(25)24(18)14-15-4-7-22-8-5-15/h1-5,7-8,10,18-19H,6,9,11,13-14H2/t18-,19+/m1/s1. The lowest BCUT2D eigenvalue weighted by Crippen LogP contribution is -2.36. The molecule has 2 aliphatic heterocycles. The average molecular weight is 332 g/mol. The average Bonchev–Trinajstić information content (AvgIpc) is 3.16. The van der Waals surface area contributed by atoms with Crippen molar-refractivity contribution in [2.24, 2.45) is 0 Å². The zero-order chi connectivity index (χ0) is 17.2. The van der Waals surface area contributed by atoms with E-state index in [1.807, 2.05) is 35.2 Å². The summed E-state index contributed by atoms with van der Waals surface area (Å²) in [4.78, 5) is 21.0. The molecule has 0 aliphatic carbocycles. The second-order valence-electron chi connectivity index (χ2n) is 6.79. The van der Waals surface area contributed by atoms with E-state index >= 15 is 0 Å². The van der Waals surface area contributed by atoms with Crippen molar-refractivity contribution in [1.82, 2.24) is 14.8 Å². The van der Waals surface area contributed by atoms with Gasteiger partial charge >= 0.3 is 0 Å². The van der Waals surface area contributed by atoms with Crippen LogP contribution < -0.4 is 0 Å². The number of carbonyl (C=O) groups excluding carboxylic acids is 1. The van der Waals surface area contributed by atoms with Crippen LogP contribution in [0.25, 0.3) is 0 Å². The molecule has 2 aromatic rings. The van der Waals surface area contributed by atoms with Crippen molar-refractivity contribution in [3.63, 3.8) is 0 Å². The summed E-state index contributed by atoms with van der Waals surface area (Å²) in [7, 11) is 0. The lowest BCUT2D eigenvalue weighted by molar-refractivity contribution is -0.129. The monoisotopic (exact) mass is 332 g/mol. The Morgan fingerprint density at radius 1 is 1.12 bits per heavy atom. The van der Waals surface area contributed by atoms with Crippen LogP contribution in [0, 0.1) is 11.3 Å². The van der Waals surface area contributed by atoms with E-state index in [0.29, 0.717) is 24.6 Å². The number of nitrogens with zero attached hydrogens (tertiary/aromatic N) is 4. The van der Waals surface area contributed by atoms with Crippen molar-refractivity contribution >= 4 is 5.91 Å². The minimum absolute atomic E-state index is 0.238. The van der Waals surface area contributed by atoms with E-state index in [2.05, 4.69) is 22.0 Å². The number of amides is 1. The Bertz CT molecular complexity index is 814. The predicted molar refractivity (Wildman–Crippen MR) is 93.2 cm³/mol. The Morgan fingerprint density at radius 3 is 2.76 bits per heavy atom. The van der Waals surface area contributed by atoms with Crippen LogP contribution in [0.5, 0.6) is 0 Å². The molecule has 3 heterocycles. The number of benzene rings is 1. The molecular weight excluding hydrogens is 312 g/mol. The summed E-state index contributed by atoms with van der Waals surface area (Å²) in [6.07, 6.45) is 5.15. The summed E-state index contributed by atoms with van der Waals surface area (Å²) in [5.41, 5.74) is 2.96. The summed E-state index contributed by atoms with van der Waals surface area (Å²) in [5.74, 6) is 0.238. The van der Waals surface area contributed by atoms with Gasteiger partial charge in [-0.25, -0.2) is 0 Å². The van der Waals surface area contributed by atoms with E-state index < -0.39 is 0 Å². The highest BCUT2D eigenvalue weighted by molar-refractivity contribution is 5.80. The molecule has 2 fully saturated rings. The molecule has 126 valence electrons. The second-order valence-corrected chi connectivity index (χ2v) is 6.79. The van der Waals surface area contributed by atoms with E-state index in [4.69, 9.17) is 5.26 Å². The van der Waals surface area contributed by atoms with Crippen molar-refractivity contribution in [2.45, 2.75) is 38.0 Å². The molecule has 0 N–H and O–H groups in total. The number of fused-ring (bicyclic) bond motifs is 1. The summed E-state index contributed by atoms with van der Waals surface area (Å²) in [6.45, 7) is 2.46. The van der Waals surface area contributed by atoms with Gasteiger partial charge in [-0.1, -0.05) is 12.1 Å². The zero-order valence-corrected chi connectivity index (χ0v) is 14.0. The lowest BCUT2D eigenvalue weighted by atomic mass is 10.1. The number of hydrogen-bond acceptors (Lipinski definition) is 4. The molecular formula is C20H20N4O. The number of nitriles is 1. The van der Waals surface area contributed by atoms with Crippen molar-refractivity contribution in [1.29, 1.82) is 5.26 Å². The smallest absolute Gasteiger partial charge is 0.224 e. The normalized spacial score (nSPS) is 22.8. The number of rotatable bonds is 4. The number of hydrogen-bond donors (Lipinski definition) is 0. The first-order chi connectivity index (χ1) is 12.2. The summed E-state index contributed by atoms with van der Waals surface area (Å²) >= 11 is 0. The molecule has 0 unspecified atom stereocenters. The molecule has 1 aromatic carbocycles. The Morgan fingerprint density at radius 2 is 1.96 bits per heavy atom. The summed E-state index contributed by atoms with van der Waals surface area (Å²) in [6, 6.07) is 14.5. The van der Waals surface area contributed by atoms with Crippen LogP contribution in [0.4, 0.5) is 0 Å². The van der Waals surface area contributed by atoms with Crippen LogP contribution in [0.3, 0.4) is 0 Å². The molecule has 2 saturated heterocycles. The number of carbonyl (C=O) groups is 1. The summed E-state index contributed by atoms with van der Waals surface area (Å²) in [5, 5.41) is 9.06. The summed E-state index contributed by atoms with van der Waals surface area (Å²) < 4.78 is 0. The quantitative estimate of drug-likeness (QED) is 0.862. The minimum atomic E-state index is 0.238. The third-order valence-electron chi connectivity index (χ3n) is 5.27. The van der Waals surface area contributed by atoms with Gasteiger partial charge in [-0.15, -0.1) is 0 Å². The van der Waals surface area contributed by atoms with E-state index in [1.54, 1.807) is 12.4 Å². The Hall–Kier alpha value is -2.71. The zero-order valence-electron chi connectivity index (χ0n) is 14.0. The molecule has 0 saturated carbocycles. The van der Waals surface area contributed by atoms with Crippen molar-refractivity contribution < 1.29 is 4.79 Å². The van der Waals surface area contributed by atoms with Gasteiger partial charge in [0.05, 0.1) is 11.6 Å². The van der Waals surface area contributed by atoms with E-state index in [-0.39, 0.29) is 11.9 Å². The van der Waals surface area contributed by atoms with Gasteiger partial charge in [0.1, 0.15) is 0 Å². The van der Waals surface area contributed by atoms with Gasteiger partial charge in [0.2, 0.25) is 5.91 Å². The largest absolute Gasteiger partial charge is 0.334 e. The highest BCUT2D eigenvalue weighted by Crippen LogP contribution is 2.34. The van der Waals surface area contributed by atoms with Gasteiger partial charge in [-0.05, 0) is 41.8 Å². The maximum Gasteiger partial charge on any atom is 0.224 e. The van der Waals surface area contributed by atoms with Crippen molar-refractivity contribution in [3.8, 4) is 6.07 Å². The molecule has 0 radical (unpaired) electrons. The lowest BCUT2D eigenvalue weighted by Gasteiger charge is -2.25. The van der Waals surface area contributed by atoms with E-state index in [0.717, 1.165) is 30.6 Å². The first-order valence-electron chi connectivity index (χ1n) is 8.66. The predicted octanol–water partition coefficient (Wildman–Crippen LogP) is 2.33. The van der Waals surface area contributed by atoms with Gasteiger partial charge < -0.3 is 4.90 Å².